The summed E-state index contributed by atoms with van der Waals surface area (Å²) < 4.78 is 38.4. The second kappa shape index (κ2) is 6.73. The number of halogens is 3. The van der Waals surface area contributed by atoms with Gasteiger partial charge in [0.05, 0.1) is 5.56 Å². The Labute approximate surface area is 131 Å². The van der Waals surface area contributed by atoms with Crippen molar-refractivity contribution >= 4 is 11.8 Å². The number of pyridine rings is 1. The summed E-state index contributed by atoms with van der Waals surface area (Å²) in [6.45, 7) is 3.66. The van der Waals surface area contributed by atoms with Crippen LogP contribution in [-0.4, -0.2) is 48.6 Å². The van der Waals surface area contributed by atoms with E-state index in [0.29, 0.717) is 32.7 Å². The molecule has 1 aliphatic heterocycles. The summed E-state index contributed by atoms with van der Waals surface area (Å²) in [4.78, 5) is 18.5. The van der Waals surface area contributed by atoms with E-state index in [0.717, 1.165) is 12.1 Å². The smallest absolute Gasteiger partial charge is 0.352 e. The zero-order chi connectivity index (χ0) is 17.0. The van der Waals surface area contributed by atoms with Crippen LogP contribution in [-0.2, 0) is 6.18 Å². The van der Waals surface area contributed by atoms with Crippen molar-refractivity contribution in [2.24, 2.45) is 0 Å². The van der Waals surface area contributed by atoms with E-state index >= 15 is 0 Å². The predicted molar refractivity (Wildman–Crippen MR) is 76.8 cm³/mol. The summed E-state index contributed by atoms with van der Waals surface area (Å²) >= 11 is 0. The highest BCUT2D eigenvalue weighted by Gasteiger charge is 2.34. The molecule has 23 heavy (non-hydrogen) atoms. The molecule has 124 valence electrons. The number of nitrogens with zero attached hydrogens (tertiary/aromatic N) is 4. The van der Waals surface area contributed by atoms with Crippen LogP contribution in [0.2, 0.25) is 0 Å². The van der Waals surface area contributed by atoms with E-state index in [1.807, 2.05) is 6.07 Å². The number of urea groups is 1. The first-order valence-electron chi connectivity index (χ1n) is 7.13. The number of nitrogens with one attached hydrogen (secondary N) is 1. The lowest BCUT2D eigenvalue weighted by Gasteiger charge is -2.35. The Balaban J connectivity index is 2.17. The molecular weight excluding hydrogens is 311 g/mol. The van der Waals surface area contributed by atoms with Crippen molar-refractivity contribution < 1.29 is 18.0 Å². The number of carbonyl (C=O) groups is 1. The molecule has 1 saturated heterocycles. The molecule has 2 amide bonds. The Morgan fingerprint density at radius 2 is 2.00 bits per heavy atom. The molecule has 0 unspecified atom stereocenters. The molecule has 2 heterocycles. The van der Waals surface area contributed by atoms with Crippen LogP contribution in [0.25, 0.3) is 0 Å². The van der Waals surface area contributed by atoms with Crippen molar-refractivity contribution in [2.45, 2.75) is 13.1 Å². The van der Waals surface area contributed by atoms with Crippen molar-refractivity contribution in [3.05, 3.63) is 23.4 Å². The van der Waals surface area contributed by atoms with Gasteiger partial charge in [0.1, 0.15) is 17.6 Å². The fourth-order valence-corrected chi connectivity index (χ4v) is 2.32. The molecule has 1 N–H and O–H groups in total. The normalized spacial score (nSPS) is 15.3. The Morgan fingerprint density at radius 1 is 1.35 bits per heavy atom. The molecule has 0 spiro atoms. The lowest BCUT2D eigenvalue weighted by Crippen LogP contribution is -2.52. The quantitative estimate of drug-likeness (QED) is 0.899. The summed E-state index contributed by atoms with van der Waals surface area (Å²) in [6.07, 6.45) is -4.56. The number of rotatable bonds is 2. The average Bonchev–Trinajstić information content (AvgIpc) is 2.53. The van der Waals surface area contributed by atoms with Crippen LogP contribution in [0.15, 0.2) is 12.1 Å². The number of hydrogen-bond acceptors (Lipinski definition) is 4. The van der Waals surface area contributed by atoms with Crippen LogP contribution in [0, 0.1) is 11.3 Å². The molecule has 0 atom stereocenters. The molecular formula is C14H16F3N5O. The third-order valence-corrected chi connectivity index (χ3v) is 3.48. The van der Waals surface area contributed by atoms with Crippen LogP contribution in [0.4, 0.5) is 23.8 Å². The van der Waals surface area contributed by atoms with Crippen molar-refractivity contribution in [3.8, 4) is 6.07 Å². The maximum absolute atomic E-state index is 12.8. The van der Waals surface area contributed by atoms with Gasteiger partial charge in [-0.3, -0.25) is 0 Å². The number of aromatic nitrogens is 1. The van der Waals surface area contributed by atoms with Gasteiger partial charge in [0.15, 0.2) is 0 Å². The molecule has 0 saturated carbocycles. The number of hydrogen-bond donors (Lipinski definition) is 1. The zero-order valence-electron chi connectivity index (χ0n) is 12.5. The molecule has 1 aromatic rings. The zero-order valence-corrected chi connectivity index (χ0v) is 12.5. The minimum absolute atomic E-state index is 0.0119. The van der Waals surface area contributed by atoms with Crippen molar-refractivity contribution in [1.82, 2.24) is 15.2 Å². The summed E-state index contributed by atoms with van der Waals surface area (Å²) in [5.41, 5.74) is -0.942. The van der Waals surface area contributed by atoms with Gasteiger partial charge in [0.2, 0.25) is 0 Å². The number of amides is 2. The fourth-order valence-electron chi connectivity index (χ4n) is 2.32. The highest BCUT2D eigenvalue weighted by atomic mass is 19.4. The van der Waals surface area contributed by atoms with Gasteiger partial charge >= 0.3 is 12.2 Å². The van der Waals surface area contributed by atoms with E-state index in [9.17, 15) is 18.0 Å². The van der Waals surface area contributed by atoms with Gasteiger partial charge in [-0.25, -0.2) is 9.78 Å². The largest absolute Gasteiger partial charge is 0.433 e. The average molecular weight is 327 g/mol. The van der Waals surface area contributed by atoms with Crippen LogP contribution < -0.4 is 10.2 Å². The summed E-state index contributed by atoms with van der Waals surface area (Å²) in [7, 11) is 0. The first-order chi connectivity index (χ1) is 10.9. The number of alkyl halides is 3. The van der Waals surface area contributed by atoms with Crippen LogP contribution in [0.3, 0.4) is 0 Å². The molecule has 0 aromatic carbocycles. The topological polar surface area (TPSA) is 72.3 Å². The van der Waals surface area contributed by atoms with Gasteiger partial charge in [-0.05, 0) is 19.1 Å². The Hall–Kier alpha value is -2.50. The Morgan fingerprint density at radius 3 is 2.52 bits per heavy atom. The van der Waals surface area contributed by atoms with E-state index in [4.69, 9.17) is 5.26 Å². The number of piperazine rings is 1. The van der Waals surface area contributed by atoms with E-state index in [1.54, 1.807) is 16.7 Å². The SMILES string of the molecule is CCNC(=O)N1CCN(c2nc(C(F)(F)F)ccc2C#N)CC1. The highest BCUT2D eigenvalue weighted by Crippen LogP contribution is 2.30. The van der Waals surface area contributed by atoms with Gasteiger partial charge in [0.25, 0.3) is 0 Å². The standard InChI is InChI=1S/C14H16F3N5O/c1-2-19-13(23)22-7-5-21(6-8-22)12-10(9-18)3-4-11(20-12)14(15,16)17/h3-4H,2,5-8H2,1H3,(H,19,23). The minimum Gasteiger partial charge on any atom is -0.352 e. The summed E-state index contributed by atoms with van der Waals surface area (Å²) in [5, 5.41) is 11.8. The first kappa shape index (κ1) is 16.9. The van der Waals surface area contributed by atoms with E-state index in [-0.39, 0.29) is 17.4 Å². The number of anilines is 1. The maximum Gasteiger partial charge on any atom is 0.433 e. The lowest BCUT2D eigenvalue weighted by molar-refractivity contribution is -0.141. The van der Waals surface area contributed by atoms with Gasteiger partial charge in [0, 0.05) is 32.7 Å². The molecule has 2 rings (SSSR count). The van der Waals surface area contributed by atoms with Gasteiger partial charge < -0.3 is 15.1 Å². The van der Waals surface area contributed by atoms with Crippen LogP contribution in [0.1, 0.15) is 18.2 Å². The van der Waals surface area contributed by atoms with Gasteiger partial charge in [-0.1, -0.05) is 0 Å². The van der Waals surface area contributed by atoms with Crippen molar-refractivity contribution in [2.75, 3.05) is 37.6 Å². The van der Waals surface area contributed by atoms with Crippen molar-refractivity contribution in [1.29, 1.82) is 5.26 Å². The molecule has 9 heteroatoms. The molecule has 0 bridgehead atoms. The second-order valence-corrected chi connectivity index (χ2v) is 4.99. The van der Waals surface area contributed by atoms with E-state index in [2.05, 4.69) is 10.3 Å². The van der Waals surface area contributed by atoms with Crippen molar-refractivity contribution in [3.63, 3.8) is 0 Å². The molecule has 1 aliphatic rings. The van der Waals surface area contributed by atoms with Crippen LogP contribution in [0.5, 0.6) is 0 Å². The van der Waals surface area contributed by atoms with Gasteiger partial charge in [-0.2, -0.15) is 18.4 Å². The first-order valence-corrected chi connectivity index (χ1v) is 7.13. The summed E-state index contributed by atoms with van der Waals surface area (Å²) in [5.74, 6) is 0.0119. The van der Waals surface area contributed by atoms with E-state index in [1.165, 1.54) is 0 Å². The third kappa shape index (κ3) is 3.83. The third-order valence-electron chi connectivity index (χ3n) is 3.48. The molecule has 0 radical (unpaired) electrons. The minimum atomic E-state index is -4.56. The highest BCUT2D eigenvalue weighted by molar-refractivity contribution is 5.74. The van der Waals surface area contributed by atoms with Gasteiger partial charge in [-0.15, -0.1) is 0 Å². The number of carbonyl (C=O) groups excluding carboxylic acids is 1. The molecule has 0 aliphatic carbocycles. The predicted octanol–water partition coefficient (Wildman–Crippen LogP) is 1.82. The monoisotopic (exact) mass is 327 g/mol. The lowest BCUT2D eigenvalue weighted by atomic mass is 10.2. The Bertz CT molecular complexity index is 618. The summed E-state index contributed by atoms with van der Waals surface area (Å²) in [6, 6.07) is 3.58. The van der Waals surface area contributed by atoms with E-state index < -0.39 is 11.9 Å². The molecule has 6 nitrogen and oxygen atoms in total. The maximum atomic E-state index is 12.8. The number of nitriles is 1. The fraction of sp³-hybridized carbons (Fsp3) is 0.500. The molecule has 1 fully saturated rings. The second-order valence-electron chi connectivity index (χ2n) is 4.99. The Kier molecular flexibility index (Phi) is 4.93. The molecule has 1 aromatic heterocycles. The van der Waals surface area contributed by atoms with Crippen LogP contribution >= 0.6 is 0 Å².